The second-order valence-corrected chi connectivity index (χ2v) is 9.05. The molecule has 2 aromatic heterocycles. The van der Waals surface area contributed by atoms with E-state index in [1.165, 1.54) is 10.4 Å². The Hall–Kier alpha value is -0.850. The lowest BCUT2D eigenvalue weighted by molar-refractivity contribution is 0.00203. The summed E-state index contributed by atoms with van der Waals surface area (Å²) in [5.74, 6) is 2.87. The van der Waals surface area contributed by atoms with E-state index in [4.69, 9.17) is 15.5 Å². The van der Waals surface area contributed by atoms with Crippen LogP contribution in [0, 0.1) is 11.8 Å². The minimum atomic E-state index is 0.264. The van der Waals surface area contributed by atoms with Crippen molar-refractivity contribution in [3.63, 3.8) is 0 Å². The van der Waals surface area contributed by atoms with Crippen molar-refractivity contribution in [3.05, 3.63) is 10.4 Å². The number of fused-ring (bicyclic) bond motifs is 3. The van der Waals surface area contributed by atoms with Crippen molar-refractivity contribution in [1.82, 2.24) is 9.97 Å². The SMILES string of the molecule is CC(C)CCSc1nc(N)c2c3c(sc2n1)CO[C@H](C(C)C)C3. The first-order chi connectivity index (χ1) is 11.0. The van der Waals surface area contributed by atoms with Crippen molar-refractivity contribution in [3.8, 4) is 0 Å². The number of ether oxygens (including phenoxy) is 1. The summed E-state index contributed by atoms with van der Waals surface area (Å²) in [6.45, 7) is 9.55. The van der Waals surface area contributed by atoms with Gasteiger partial charge in [-0.1, -0.05) is 39.5 Å². The summed E-state index contributed by atoms with van der Waals surface area (Å²) in [4.78, 5) is 11.6. The highest BCUT2D eigenvalue weighted by Gasteiger charge is 2.27. The summed E-state index contributed by atoms with van der Waals surface area (Å²) in [5.41, 5.74) is 7.59. The summed E-state index contributed by atoms with van der Waals surface area (Å²) < 4.78 is 5.97. The molecule has 126 valence electrons. The third kappa shape index (κ3) is 3.64. The number of rotatable bonds is 5. The van der Waals surface area contributed by atoms with Crippen LogP contribution in [0.1, 0.15) is 44.6 Å². The Bertz CT molecular complexity index is 697. The first-order valence-electron chi connectivity index (χ1n) is 8.27. The van der Waals surface area contributed by atoms with Gasteiger partial charge in [0.05, 0.1) is 18.1 Å². The molecule has 1 aliphatic heterocycles. The van der Waals surface area contributed by atoms with Crippen LogP contribution < -0.4 is 5.73 Å². The molecule has 0 amide bonds. The summed E-state index contributed by atoms with van der Waals surface area (Å²) in [6, 6.07) is 0. The molecule has 0 spiro atoms. The molecule has 3 heterocycles. The molecular formula is C17H25N3OS2. The largest absolute Gasteiger partial charge is 0.383 e. The maximum Gasteiger partial charge on any atom is 0.190 e. The quantitative estimate of drug-likeness (QED) is 0.634. The van der Waals surface area contributed by atoms with Crippen LogP contribution in [-0.2, 0) is 17.8 Å². The molecule has 1 atom stereocenters. The van der Waals surface area contributed by atoms with E-state index < -0.39 is 0 Å². The van der Waals surface area contributed by atoms with Crippen LogP contribution in [0.25, 0.3) is 10.2 Å². The Kier molecular flexibility index (Phi) is 5.13. The lowest BCUT2D eigenvalue weighted by Crippen LogP contribution is -2.26. The molecule has 0 saturated carbocycles. The van der Waals surface area contributed by atoms with Crippen LogP contribution in [0.3, 0.4) is 0 Å². The molecule has 1 aliphatic rings. The molecule has 0 saturated heterocycles. The first-order valence-corrected chi connectivity index (χ1v) is 10.1. The number of thiophene rings is 1. The van der Waals surface area contributed by atoms with E-state index in [2.05, 4.69) is 32.7 Å². The molecular weight excluding hydrogens is 326 g/mol. The summed E-state index contributed by atoms with van der Waals surface area (Å²) in [7, 11) is 0. The number of anilines is 1. The maximum absolute atomic E-state index is 6.28. The smallest absolute Gasteiger partial charge is 0.190 e. The minimum absolute atomic E-state index is 0.264. The first kappa shape index (κ1) is 17.0. The van der Waals surface area contributed by atoms with Crippen LogP contribution in [0.15, 0.2) is 5.16 Å². The van der Waals surface area contributed by atoms with Crippen LogP contribution in [0.5, 0.6) is 0 Å². The van der Waals surface area contributed by atoms with Crippen LogP contribution in [0.4, 0.5) is 5.82 Å². The lowest BCUT2D eigenvalue weighted by Gasteiger charge is -2.26. The van der Waals surface area contributed by atoms with E-state index in [0.717, 1.165) is 34.0 Å². The van der Waals surface area contributed by atoms with Gasteiger partial charge in [0, 0.05) is 17.1 Å². The van der Waals surface area contributed by atoms with E-state index in [1.807, 2.05) is 0 Å². The topological polar surface area (TPSA) is 61.0 Å². The third-order valence-electron chi connectivity index (χ3n) is 4.25. The second-order valence-electron chi connectivity index (χ2n) is 6.90. The highest BCUT2D eigenvalue weighted by atomic mass is 32.2. The normalized spacial score (nSPS) is 18.1. The highest BCUT2D eigenvalue weighted by Crippen LogP contribution is 2.39. The van der Waals surface area contributed by atoms with Crippen molar-refractivity contribution < 1.29 is 4.74 Å². The number of hydrogen-bond acceptors (Lipinski definition) is 6. The van der Waals surface area contributed by atoms with Gasteiger partial charge in [-0.2, -0.15) is 0 Å². The zero-order valence-electron chi connectivity index (χ0n) is 14.3. The Balaban J connectivity index is 1.88. The average Bonchev–Trinajstić information content (AvgIpc) is 2.84. The van der Waals surface area contributed by atoms with Gasteiger partial charge in [-0.25, -0.2) is 9.97 Å². The zero-order chi connectivity index (χ0) is 16.6. The Labute approximate surface area is 146 Å². The number of nitrogens with zero attached hydrogens (tertiary/aromatic N) is 2. The van der Waals surface area contributed by atoms with E-state index in [1.54, 1.807) is 23.1 Å². The summed E-state index contributed by atoms with van der Waals surface area (Å²) in [5, 5.41) is 1.86. The predicted octanol–water partition coefficient (Wildman–Crippen LogP) is 4.51. The third-order valence-corrected chi connectivity index (χ3v) is 6.23. The number of hydrogen-bond donors (Lipinski definition) is 1. The monoisotopic (exact) mass is 351 g/mol. The molecule has 0 radical (unpaired) electrons. The number of nitrogens with two attached hydrogens (primary N) is 1. The van der Waals surface area contributed by atoms with Crippen LogP contribution >= 0.6 is 23.1 Å². The Morgan fingerprint density at radius 1 is 1.30 bits per heavy atom. The molecule has 6 heteroatoms. The number of nitrogen functional groups attached to an aromatic ring is 1. The average molecular weight is 352 g/mol. The van der Waals surface area contributed by atoms with Gasteiger partial charge in [-0.15, -0.1) is 11.3 Å². The fourth-order valence-electron chi connectivity index (χ4n) is 2.77. The van der Waals surface area contributed by atoms with Gasteiger partial charge < -0.3 is 10.5 Å². The maximum atomic E-state index is 6.28. The fourth-order valence-corrected chi connectivity index (χ4v) is 5.04. The molecule has 0 bridgehead atoms. The molecule has 0 aliphatic carbocycles. The Morgan fingerprint density at radius 3 is 2.78 bits per heavy atom. The second kappa shape index (κ2) is 6.95. The van der Waals surface area contributed by atoms with Gasteiger partial charge in [0.25, 0.3) is 0 Å². The fraction of sp³-hybridized carbons (Fsp3) is 0.647. The van der Waals surface area contributed by atoms with Crippen molar-refractivity contribution in [2.75, 3.05) is 11.5 Å². The summed E-state index contributed by atoms with van der Waals surface area (Å²) >= 11 is 3.41. The van der Waals surface area contributed by atoms with Crippen molar-refractivity contribution >= 4 is 39.1 Å². The van der Waals surface area contributed by atoms with Crippen molar-refractivity contribution in [1.29, 1.82) is 0 Å². The molecule has 0 fully saturated rings. The van der Waals surface area contributed by atoms with Crippen LogP contribution in [0.2, 0.25) is 0 Å². The van der Waals surface area contributed by atoms with E-state index in [9.17, 15) is 0 Å². The minimum Gasteiger partial charge on any atom is -0.383 e. The van der Waals surface area contributed by atoms with Crippen LogP contribution in [-0.4, -0.2) is 21.8 Å². The zero-order valence-corrected chi connectivity index (χ0v) is 15.9. The highest BCUT2D eigenvalue weighted by molar-refractivity contribution is 7.99. The number of aromatic nitrogens is 2. The number of thioether (sulfide) groups is 1. The molecule has 4 nitrogen and oxygen atoms in total. The van der Waals surface area contributed by atoms with Gasteiger partial charge in [0.15, 0.2) is 5.16 Å². The van der Waals surface area contributed by atoms with E-state index >= 15 is 0 Å². The van der Waals surface area contributed by atoms with Gasteiger partial charge in [-0.05, 0) is 23.8 Å². The molecule has 2 N–H and O–H groups in total. The van der Waals surface area contributed by atoms with Gasteiger partial charge >= 0.3 is 0 Å². The molecule has 3 rings (SSSR count). The molecule has 2 aromatic rings. The van der Waals surface area contributed by atoms with Crippen molar-refractivity contribution in [2.24, 2.45) is 11.8 Å². The molecule has 0 aromatic carbocycles. The van der Waals surface area contributed by atoms with Gasteiger partial charge in [-0.3, -0.25) is 0 Å². The van der Waals surface area contributed by atoms with E-state index in [0.29, 0.717) is 24.3 Å². The van der Waals surface area contributed by atoms with E-state index in [-0.39, 0.29) is 6.10 Å². The molecule has 0 unspecified atom stereocenters. The molecule has 23 heavy (non-hydrogen) atoms. The van der Waals surface area contributed by atoms with Gasteiger partial charge in [0.1, 0.15) is 10.6 Å². The summed E-state index contributed by atoms with van der Waals surface area (Å²) in [6.07, 6.45) is 2.34. The van der Waals surface area contributed by atoms with Gasteiger partial charge in [0.2, 0.25) is 0 Å². The van der Waals surface area contributed by atoms with Crippen molar-refractivity contribution in [2.45, 2.75) is 58.4 Å². The Morgan fingerprint density at radius 2 is 2.09 bits per heavy atom. The lowest BCUT2D eigenvalue weighted by atomic mass is 9.96. The standard InChI is InChI=1S/C17H25N3OS2/c1-9(2)5-6-22-17-19-15(18)14-11-7-12(10(3)4)21-8-13(11)23-16(14)20-17/h9-10,12H,5-8H2,1-4H3,(H2,18,19,20)/t12-/m0/s1. The predicted molar refractivity (Wildman–Crippen MR) is 99.1 cm³/mol.